The predicted octanol–water partition coefficient (Wildman–Crippen LogP) is 1.73. The molecule has 0 fully saturated rings. The molecule has 3 rings (SSSR count). The average Bonchev–Trinajstić information content (AvgIpc) is 3.04. The normalized spacial score (nSPS) is 13.6. The van der Waals surface area contributed by atoms with Crippen LogP contribution in [0.3, 0.4) is 0 Å². The minimum Gasteiger partial charge on any atom is -0.383 e. The van der Waals surface area contributed by atoms with Crippen molar-refractivity contribution in [2.24, 2.45) is 0 Å². The largest absolute Gasteiger partial charge is 0.383 e. The third kappa shape index (κ3) is 3.76. The minimum absolute atomic E-state index is 0.0923. The van der Waals surface area contributed by atoms with Crippen LogP contribution in [0.4, 0.5) is 0 Å². The molecular formula is C17H22N4O2. The first-order valence-electron chi connectivity index (χ1n) is 8.02. The molecule has 1 aliphatic carbocycles. The molecule has 0 aliphatic heterocycles. The summed E-state index contributed by atoms with van der Waals surface area (Å²) in [5, 5.41) is 2.94. The number of carbonyl (C=O) groups excluding carboxylic acids is 1. The highest BCUT2D eigenvalue weighted by molar-refractivity contribution is 5.94. The van der Waals surface area contributed by atoms with Crippen LogP contribution < -0.4 is 5.32 Å². The van der Waals surface area contributed by atoms with Crippen LogP contribution in [-0.2, 0) is 30.7 Å². The second-order valence-corrected chi connectivity index (χ2v) is 5.79. The molecule has 0 aromatic carbocycles. The Balaban J connectivity index is 1.62. The number of carbonyl (C=O) groups is 1. The Labute approximate surface area is 135 Å². The molecule has 0 radical (unpaired) electrons. The summed E-state index contributed by atoms with van der Waals surface area (Å²) in [7, 11) is 1.67. The number of ether oxygens (including phenoxy) is 1. The molecule has 0 spiro atoms. The van der Waals surface area contributed by atoms with E-state index in [2.05, 4.69) is 15.3 Å². The van der Waals surface area contributed by atoms with E-state index in [1.165, 1.54) is 18.4 Å². The highest BCUT2D eigenvalue weighted by Gasteiger charge is 2.14. The maximum Gasteiger partial charge on any atom is 0.253 e. The van der Waals surface area contributed by atoms with Crippen molar-refractivity contribution >= 4 is 5.91 Å². The van der Waals surface area contributed by atoms with Gasteiger partial charge in [-0.1, -0.05) is 0 Å². The van der Waals surface area contributed by atoms with Crippen molar-refractivity contribution in [3.8, 4) is 0 Å². The van der Waals surface area contributed by atoms with E-state index < -0.39 is 0 Å². The first kappa shape index (κ1) is 15.7. The van der Waals surface area contributed by atoms with E-state index in [1.54, 1.807) is 25.8 Å². The van der Waals surface area contributed by atoms with Crippen molar-refractivity contribution < 1.29 is 9.53 Å². The van der Waals surface area contributed by atoms with E-state index in [-0.39, 0.29) is 5.91 Å². The van der Waals surface area contributed by atoms with Crippen molar-refractivity contribution in [1.29, 1.82) is 0 Å². The highest BCUT2D eigenvalue weighted by atomic mass is 16.5. The fourth-order valence-corrected chi connectivity index (χ4v) is 2.87. The van der Waals surface area contributed by atoms with Gasteiger partial charge in [-0.15, -0.1) is 0 Å². The fourth-order valence-electron chi connectivity index (χ4n) is 2.87. The van der Waals surface area contributed by atoms with Gasteiger partial charge in [0, 0.05) is 31.7 Å². The lowest BCUT2D eigenvalue weighted by atomic mass is 9.95. The van der Waals surface area contributed by atoms with Gasteiger partial charge in [-0.25, -0.2) is 4.98 Å². The van der Waals surface area contributed by atoms with E-state index in [0.717, 1.165) is 30.8 Å². The van der Waals surface area contributed by atoms with Gasteiger partial charge in [0.2, 0.25) is 0 Å². The topological polar surface area (TPSA) is 69.0 Å². The van der Waals surface area contributed by atoms with Crippen LogP contribution in [0.1, 0.15) is 40.2 Å². The summed E-state index contributed by atoms with van der Waals surface area (Å²) in [4.78, 5) is 20.9. The van der Waals surface area contributed by atoms with Gasteiger partial charge in [-0.3, -0.25) is 9.78 Å². The van der Waals surface area contributed by atoms with E-state index in [0.29, 0.717) is 18.7 Å². The maximum absolute atomic E-state index is 12.3. The lowest BCUT2D eigenvalue weighted by Crippen LogP contribution is -2.25. The maximum atomic E-state index is 12.3. The van der Waals surface area contributed by atoms with Crippen molar-refractivity contribution in [3.63, 3.8) is 0 Å². The zero-order valence-corrected chi connectivity index (χ0v) is 13.4. The van der Waals surface area contributed by atoms with Gasteiger partial charge in [0.25, 0.3) is 5.91 Å². The van der Waals surface area contributed by atoms with Gasteiger partial charge in [0.1, 0.15) is 0 Å². The lowest BCUT2D eigenvalue weighted by molar-refractivity contribution is 0.0949. The van der Waals surface area contributed by atoms with E-state index in [4.69, 9.17) is 4.74 Å². The summed E-state index contributed by atoms with van der Waals surface area (Å²) >= 11 is 0. The molecule has 6 nitrogen and oxygen atoms in total. The van der Waals surface area contributed by atoms with Crippen molar-refractivity contribution in [2.75, 3.05) is 13.7 Å². The Kier molecular flexibility index (Phi) is 5.02. The van der Waals surface area contributed by atoms with Gasteiger partial charge in [-0.05, 0) is 37.3 Å². The van der Waals surface area contributed by atoms with Crippen LogP contribution in [0.2, 0.25) is 0 Å². The quantitative estimate of drug-likeness (QED) is 0.881. The zero-order valence-electron chi connectivity index (χ0n) is 13.4. The van der Waals surface area contributed by atoms with Crippen LogP contribution in [0.25, 0.3) is 0 Å². The fraction of sp³-hybridized carbons (Fsp3) is 0.471. The Bertz CT molecular complexity index is 681. The lowest BCUT2D eigenvalue weighted by Gasteiger charge is -2.15. The van der Waals surface area contributed by atoms with Gasteiger partial charge in [-0.2, -0.15) is 0 Å². The average molecular weight is 314 g/mol. The first-order valence-corrected chi connectivity index (χ1v) is 8.02. The third-order valence-corrected chi connectivity index (χ3v) is 4.20. The monoisotopic (exact) mass is 314 g/mol. The summed E-state index contributed by atoms with van der Waals surface area (Å²) in [5.41, 5.74) is 3.95. The molecule has 122 valence electrons. The number of hydrogen-bond acceptors (Lipinski definition) is 4. The number of methoxy groups -OCH3 is 1. The molecule has 0 unspecified atom stereocenters. The molecule has 6 heteroatoms. The number of pyridine rings is 1. The molecule has 0 saturated heterocycles. The first-order chi connectivity index (χ1) is 11.3. The second kappa shape index (κ2) is 7.37. The SMILES string of the molecule is COCCn1cncc1CNC(=O)c1cnc2c(c1)CCCC2. The molecule has 23 heavy (non-hydrogen) atoms. The summed E-state index contributed by atoms with van der Waals surface area (Å²) in [6, 6.07) is 1.99. The molecule has 0 bridgehead atoms. The molecule has 2 heterocycles. The number of nitrogens with zero attached hydrogens (tertiary/aromatic N) is 3. The van der Waals surface area contributed by atoms with Crippen LogP contribution in [0, 0.1) is 0 Å². The molecule has 1 N–H and O–H groups in total. The number of hydrogen-bond donors (Lipinski definition) is 1. The number of aromatic nitrogens is 3. The molecule has 1 amide bonds. The van der Waals surface area contributed by atoms with Crippen molar-refractivity contribution in [1.82, 2.24) is 19.9 Å². The number of aryl methyl sites for hydroxylation is 2. The molecule has 2 aromatic rings. The second-order valence-electron chi connectivity index (χ2n) is 5.79. The number of amides is 1. The van der Waals surface area contributed by atoms with Crippen molar-refractivity contribution in [2.45, 2.75) is 38.8 Å². The van der Waals surface area contributed by atoms with E-state index in [9.17, 15) is 4.79 Å². The van der Waals surface area contributed by atoms with Gasteiger partial charge in [0.05, 0.1) is 30.7 Å². The Morgan fingerprint density at radius 1 is 1.35 bits per heavy atom. The highest BCUT2D eigenvalue weighted by Crippen LogP contribution is 2.20. The summed E-state index contributed by atoms with van der Waals surface area (Å²) in [6.45, 7) is 1.79. The van der Waals surface area contributed by atoms with Crippen LogP contribution in [-0.4, -0.2) is 34.2 Å². The number of rotatable bonds is 6. The summed E-state index contributed by atoms with van der Waals surface area (Å²) < 4.78 is 7.05. The predicted molar refractivity (Wildman–Crippen MR) is 86.2 cm³/mol. The van der Waals surface area contributed by atoms with E-state index >= 15 is 0 Å². The van der Waals surface area contributed by atoms with Crippen LogP contribution in [0.5, 0.6) is 0 Å². The van der Waals surface area contributed by atoms with E-state index in [1.807, 2.05) is 10.6 Å². The van der Waals surface area contributed by atoms with Gasteiger partial charge < -0.3 is 14.6 Å². The molecule has 0 saturated carbocycles. The number of imidazole rings is 1. The molecule has 0 atom stereocenters. The molecule has 2 aromatic heterocycles. The zero-order chi connectivity index (χ0) is 16.1. The third-order valence-electron chi connectivity index (χ3n) is 4.20. The number of nitrogens with one attached hydrogen (secondary N) is 1. The minimum atomic E-state index is -0.0923. The summed E-state index contributed by atoms with van der Waals surface area (Å²) in [6.07, 6.45) is 9.61. The van der Waals surface area contributed by atoms with Crippen LogP contribution in [0.15, 0.2) is 24.8 Å². The summed E-state index contributed by atoms with van der Waals surface area (Å²) in [5.74, 6) is -0.0923. The Morgan fingerprint density at radius 2 is 2.22 bits per heavy atom. The number of fused-ring (bicyclic) bond motifs is 1. The van der Waals surface area contributed by atoms with Crippen LogP contribution >= 0.6 is 0 Å². The molecule has 1 aliphatic rings. The standard InChI is InChI=1S/C17H22N4O2/c1-23-7-6-21-12-18-10-15(21)11-20-17(22)14-8-13-4-2-3-5-16(13)19-9-14/h8-10,12H,2-7,11H2,1H3,(H,20,22). The van der Waals surface area contributed by atoms with Gasteiger partial charge >= 0.3 is 0 Å². The van der Waals surface area contributed by atoms with Crippen molar-refractivity contribution in [3.05, 3.63) is 47.3 Å². The smallest absolute Gasteiger partial charge is 0.253 e. The molecular weight excluding hydrogens is 292 g/mol. The Hall–Kier alpha value is -2.21. The Morgan fingerprint density at radius 3 is 3.09 bits per heavy atom. The van der Waals surface area contributed by atoms with Gasteiger partial charge in [0.15, 0.2) is 0 Å².